The molecule has 1 aliphatic rings. The third-order valence-corrected chi connectivity index (χ3v) is 3.62. The average molecular weight is 344 g/mol. The molecule has 1 aliphatic heterocycles. The summed E-state index contributed by atoms with van der Waals surface area (Å²) in [5, 5.41) is 10.2. The molecule has 0 amide bonds. The lowest BCUT2D eigenvalue weighted by atomic mass is 9.96. The van der Waals surface area contributed by atoms with Crippen LogP contribution in [-0.2, 0) is 12.0 Å². The second-order valence-corrected chi connectivity index (χ2v) is 6.89. The third kappa shape index (κ3) is 4.40. The van der Waals surface area contributed by atoms with E-state index in [1.165, 1.54) is 0 Å². The summed E-state index contributed by atoms with van der Waals surface area (Å²) in [7, 11) is 0. The van der Waals surface area contributed by atoms with E-state index < -0.39 is 0 Å². The van der Waals surface area contributed by atoms with E-state index in [9.17, 15) is 0 Å². The molecule has 2 aromatic rings. The van der Waals surface area contributed by atoms with Crippen molar-refractivity contribution in [1.82, 2.24) is 15.2 Å². The summed E-state index contributed by atoms with van der Waals surface area (Å²) in [6.07, 6.45) is 0.870. The molecule has 0 aliphatic carbocycles. The monoisotopic (exact) mass is 344 g/mol. The van der Waals surface area contributed by atoms with Crippen LogP contribution in [0.2, 0.25) is 0 Å². The molecule has 0 unspecified atom stereocenters. The molecular formula is C17H24N6O2. The molecule has 1 aromatic carbocycles. The van der Waals surface area contributed by atoms with Crippen LogP contribution in [0.15, 0.2) is 23.2 Å². The van der Waals surface area contributed by atoms with Crippen molar-refractivity contribution in [1.29, 1.82) is 0 Å². The zero-order valence-electron chi connectivity index (χ0n) is 14.8. The van der Waals surface area contributed by atoms with Crippen molar-refractivity contribution in [2.24, 2.45) is 10.7 Å². The Morgan fingerprint density at radius 3 is 2.76 bits per heavy atom. The van der Waals surface area contributed by atoms with Crippen molar-refractivity contribution in [3.8, 4) is 11.5 Å². The van der Waals surface area contributed by atoms with Crippen molar-refractivity contribution in [3.63, 3.8) is 0 Å². The van der Waals surface area contributed by atoms with E-state index >= 15 is 0 Å². The molecule has 8 heteroatoms. The molecule has 0 atom stereocenters. The highest BCUT2D eigenvalue weighted by Gasteiger charge is 2.19. The third-order valence-electron chi connectivity index (χ3n) is 3.62. The van der Waals surface area contributed by atoms with E-state index in [0.717, 1.165) is 23.7 Å². The number of hydrogen-bond donors (Lipinski definition) is 3. The Morgan fingerprint density at radius 1 is 1.28 bits per heavy atom. The number of aromatic amines is 1. The van der Waals surface area contributed by atoms with Crippen LogP contribution in [0.3, 0.4) is 0 Å². The number of guanidine groups is 1. The van der Waals surface area contributed by atoms with E-state index in [1.807, 2.05) is 18.2 Å². The highest BCUT2D eigenvalue weighted by atomic mass is 16.5. The summed E-state index contributed by atoms with van der Waals surface area (Å²) < 4.78 is 11.3. The van der Waals surface area contributed by atoms with Gasteiger partial charge in [0.1, 0.15) is 12.4 Å². The largest absolute Gasteiger partial charge is 0.490 e. The van der Waals surface area contributed by atoms with E-state index in [2.05, 4.69) is 46.3 Å². The Hall–Kier alpha value is -2.77. The molecule has 1 aromatic heterocycles. The van der Waals surface area contributed by atoms with E-state index in [4.69, 9.17) is 15.2 Å². The van der Waals surface area contributed by atoms with E-state index in [1.54, 1.807) is 0 Å². The number of aromatic nitrogens is 3. The smallest absolute Gasteiger partial charge is 0.193 e. The predicted molar refractivity (Wildman–Crippen MR) is 96.1 cm³/mol. The lowest BCUT2D eigenvalue weighted by molar-refractivity contribution is 0.297. The second kappa shape index (κ2) is 7.00. The fourth-order valence-electron chi connectivity index (χ4n) is 2.29. The first-order valence-electron chi connectivity index (χ1n) is 8.30. The first-order valence-corrected chi connectivity index (χ1v) is 8.30. The minimum absolute atomic E-state index is 0.105. The molecule has 0 saturated heterocycles. The van der Waals surface area contributed by atoms with Crippen LogP contribution < -0.4 is 20.5 Å². The molecule has 0 fully saturated rings. The zero-order valence-corrected chi connectivity index (χ0v) is 14.8. The Balaban J connectivity index is 1.63. The number of benzene rings is 1. The fourth-order valence-corrected chi connectivity index (χ4v) is 2.29. The molecule has 4 N–H and O–H groups in total. The maximum atomic E-state index is 5.96. The fraction of sp³-hybridized carbons (Fsp3) is 0.471. The maximum absolute atomic E-state index is 5.96. The molecule has 3 rings (SSSR count). The highest BCUT2D eigenvalue weighted by molar-refractivity contribution is 5.92. The number of hydrogen-bond acceptors (Lipinski definition) is 5. The highest BCUT2D eigenvalue weighted by Crippen LogP contribution is 2.32. The Labute approximate surface area is 146 Å². The Kier molecular flexibility index (Phi) is 4.78. The van der Waals surface area contributed by atoms with Crippen molar-refractivity contribution in [2.45, 2.75) is 39.2 Å². The van der Waals surface area contributed by atoms with Gasteiger partial charge in [0.2, 0.25) is 0 Å². The van der Waals surface area contributed by atoms with Crippen LogP contribution in [0.1, 0.15) is 38.8 Å². The van der Waals surface area contributed by atoms with Crippen LogP contribution in [0.4, 0.5) is 5.69 Å². The number of nitrogens with two attached hydrogens (primary N) is 1. The number of ether oxygens (including phenoxy) is 2. The lowest BCUT2D eigenvalue weighted by Gasteiger charge is -2.11. The van der Waals surface area contributed by atoms with Gasteiger partial charge in [-0.2, -0.15) is 5.10 Å². The van der Waals surface area contributed by atoms with Crippen molar-refractivity contribution >= 4 is 11.6 Å². The van der Waals surface area contributed by atoms with Gasteiger partial charge in [0.15, 0.2) is 23.3 Å². The number of nitrogens with zero attached hydrogens (tertiary/aromatic N) is 3. The molecule has 0 bridgehead atoms. The normalized spacial score (nSPS) is 14.9. The summed E-state index contributed by atoms with van der Waals surface area (Å²) in [4.78, 5) is 8.73. The van der Waals surface area contributed by atoms with E-state index in [0.29, 0.717) is 37.3 Å². The van der Waals surface area contributed by atoms with Gasteiger partial charge in [0.25, 0.3) is 0 Å². The van der Waals surface area contributed by atoms with Crippen molar-refractivity contribution in [3.05, 3.63) is 29.8 Å². The maximum Gasteiger partial charge on any atom is 0.193 e. The van der Waals surface area contributed by atoms with Gasteiger partial charge in [-0.05, 0) is 12.1 Å². The number of aliphatic imine (C=N–C) groups is 1. The molecular weight excluding hydrogens is 320 g/mol. The van der Waals surface area contributed by atoms with E-state index in [-0.39, 0.29) is 5.41 Å². The van der Waals surface area contributed by atoms with Crippen molar-refractivity contribution < 1.29 is 9.47 Å². The molecule has 2 heterocycles. The van der Waals surface area contributed by atoms with Gasteiger partial charge in [-0.3, -0.25) is 5.10 Å². The minimum atomic E-state index is -0.105. The Morgan fingerprint density at radius 2 is 2.04 bits per heavy atom. The topological polar surface area (TPSA) is 110 Å². The van der Waals surface area contributed by atoms with Gasteiger partial charge < -0.3 is 20.5 Å². The number of H-pyrrole nitrogens is 1. The first kappa shape index (κ1) is 17.1. The second-order valence-electron chi connectivity index (χ2n) is 6.89. The molecule has 134 valence electrons. The minimum Gasteiger partial charge on any atom is -0.490 e. The van der Waals surface area contributed by atoms with Gasteiger partial charge in [-0.25, -0.2) is 9.98 Å². The van der Waals surface area contributed by atoms with Gasteiger partial charge in [-0.1, -0.05) is 20.8 Å². The number of anilines is 1. The SMILES string of the molecule is CC(C)(C)c1n[nH]c(CN=C(N)Nc2ccc3c(c2)OCCCO3)n1. The van der Waals surface area contributed by atoms with Gasteiger partial charge in [0.05, 0.1) is 13.2 Å². The van der Waals surface area contributed by atoms with Crippen molar-refractivity contribution in [2.75, 3.05) is 18.5 Å². The first-order chi connectivity index (χ1) is 11.9. The summed E-state index contributed by atoms with van der Waals surface area (Å²) in [5.74, 6) is 3.18. The summed E-state index contributed by atoms with van der Waals surface area (Å²) in [5.41, 5.74) is 6.64. The molecule has 25 heavy (non-hydrogen) atoms. The van der Waals surface area contributed by atoms with Gasteiger partial charge in [-0.15, -0.1) is 0 Å². The van der Waals surface area contributed by atoms with Crippen LogP contribution >= 0.6 is 0 Å². The number of rotatable bonds is 3. The lowest BCUT2D eigenvalue weighted by Crippen LogP contribution is -2.22. The standard InChI is InChI=1S/C17H24N6O2/c1-17(2,3)15-21-14(22-23-15)10-19-16(18)20-11-5-6-12-13(9-11)25-8-4-7-24-12/h5-6,9H,4,7-8,10H2,1-3H3,(H3,18,19,20)(H,21,22,23). The van der Waals surface area contributed by atoms with Crippen LogP contribution in [-0.4, -0.2) is 34.4 Å². The molecule has 8 nitrogen and oxygen atoms in total. The molecule has 0 spiro atoms. The number of fused-ring (bicyclic) bond motifs is 1. The summed E-state index contributed by atoms with van der Waals surface area (Å²) in [6.45, 7) is 7.81. The average Bonchev–Trinajstić information content (AvgIpc) is 2.92. The van der Waals surface area contributed by atoms with Crippen LogP contribution in [0, 0.1) is 0 Å². The van der Waals surface area contributed by atoms with Gasteiger partial charge in [0, 0.05) is 23.6 Å². The summed E-state index contributed by atoms with van der Waals surface area (Å²) >= 11 is 0. The Bertz CT molecular complexity index is 763. The molecule has 0 radical (unpaired) electrons. The summed E-state index contributed by atoms with van der Waals surface area (Å²) in [6, 6.07) is 5.60. The zero-order chi connectivity index (χ0) is 17.9. The number of nitrogens with one attached hydrogen (secondary N) is 2. The van der Waals surface area contributed by atoms with Crippen LogP contribution in [0.25, 0.3) is 0 Å². The quantitative estimate of drug-likeness (QED) is 0.581. The predicted octanol–water partition coefficient (Wildman–Crippen LogP) is 2.19. The van der Waals surface area contributed by atoms with Crippen LogP contribution in [0.5, 0.6) is 11.5 Å². The molecule has 0 saturated carbocycles. The van der Waals surface area contributed by atoms with Gasteiger partial charge >= 0.3 is 0 Å².